The van der Waals surface area contributed by atoms with E-state index in [-0.39, 0.29) is 23.8 Å². The molecule has 4 nitrogen and oxygen atoms in total. The second kappa shape index (κ2) is 8.93. The Balaban J connectivity index is 1.43. The minimum atomic E-state index is -1.09. The van der Waals surface area contributed by atoms with Crippen LogP contribution in [-0.4, -0.2) is 48.9 Å². The maximum Gasteiger partial charge on any atom is 0.188 e. The lowest BCUT2D eigenvalue weighted by atomic mass is 9.82. The molecule has 1 aliphatic carbocycles. The lowest BCUT2D eigenvalue weighted by molar-refractivity contribution is 0.0285. The Hall–Kier alpha value is -3.09. The molecule has 1 atom stereocenters. The van der Waals surface area contributed by atoms with Gasteiger partial charge in [0, 0.05) is 50.3 Å². The van der Waals surface area contributed by atoms with Gasteiger partial charge in [0.05, 0.1) is 7.11 Å². The van der Waals surface area contributed by atoms with Gasteiger partial charge in [-0.1, -0.05) is 30.3 Å². The molecule has 1 unspecified atom stereocenters. The van der Waals surface area contributed by atoms with Crippen molar-refractivity contribution in [2.45, 2.75) is 25.4 Å². The Morgan fingerprint density at radius 2 is 1.71 bits per heavy atom. The molecule has 0 aromatic heterocycles. The Morgan fingerprint density at radius 3 is 2.35 bits per heavy atom. The van der Waals surface area contributed by atoms with E-state index in [1.807, 2.05) is 25.1 Å². The number of carbonyl (C=O) groups excluding carboxylic acids is 1. The number of ether oxygens (including phenoxy) is 1. The summed E-state index contributed by atoms with van der Waals surface area (Å²) in [6, 6.07) is 17.5. The third kappa shape index (κ3) is 3.91. The molecule has 1 aliphatic heterocycles. The van der Waals surface area contributed by atoms with Crippen LogP contribution in [0.2, 0.25) is 0 Å². The monoisotopic (exact) mass is 462 g/mol. The molecule has 3 aromatic carbocycles. The predicted octanol–water partition coefficient (Wildman–Crippen LogP) is 4.73. The predicted molar refractivity (Wildman–Crippen MR) is 127 cm³/mol. The molecule has 0 amide bonds. The minimum absolute atomic E-state index is 0.143. The van der Waals surface area contributed by atoms with Gasteiger partial charge in [0.25, 0.3) is 0 Å². The van der Waals surface area contributed by atoms with E-state index in [1.54, 1.807) is 19.2 Å². The molecule has 0 spiro atoms. The van der Waals surface area contributed by atoms with Crippen LogP contribution in [0.1, 0.15) is 32.6 Å². The summed E-state index contributed by atoms with van der Waals surface area (Å²) in [7, 11) is 1.65. The van der Waals surface area contributed by atoms with E-state index >= 15 is 0 Å². The van der Waals surface area contributed by atoms with Crippen LogP contribution < -0.4 is 4.74 Å². The summed E-state index contributed by atoms with van der Waals surface area (Å²) < 4.78 is 34.5. The van der Waals surface area contributed by atoms with Crippen molar-refractivity contribution in [3.05, 3.63) is 100 Å². The van der Waals surface area contributed by atoms with E-state index in [2.05, 4.69) is 21.9 Å². The molecule has 0 saturated carbocycles. The summed E-state index contributed by atoms with van der Waals surface area (Å²) in [6.07, 6.45) is 0.217. The second-order valence-electron chi connectivity index (χ2n) is 9.26. The fourth-order valence-corrected chi connectivity index (χ4v) is 5.43. The fraction of sp³-hybridized carbons (Fsp3) is 0.321. The molecule has 1 fully saturated rings. The van der Waals surface area contributed by atoms with Gasteiger partial charge < -0.3 is 4.74 Å². The summed E-state index contributed by atoms with van der Waals surface area (Å²) in [4.78, 5) is 18.3. The number of benzene rings is 3. The zero-order chi connectivity index (χ0) is 23.9. The molecule has 2 aliphatic rings. The summed E-state index contributed by atoms with van der Waals surface area (Å²) >= 11 is 0. The third-order valence-electron chi connectivity index (χ3n) is 7.17. The van der Waals surface area contributed by atoms with Crippen LogP contribution in [0.5, 0.6) is 5.75 Å². The number of fused-ring (bicyclic) bond motifs is 1. The van der Waals surface area contributed by atoms with E-state index in [0.717, 1.165) is 30.9 Å². The number of aryl methyl sites for hydroxylation is 1. The van der Waals surface area contributed by atoms with Crippen molar-refractivity contribution >= 4 is 5.78 Å². The Kier molecular flexibility index (Phi) is 5.96. The molecule has 5 rings (SSSR count). The number of halogens is 2. The van der Waals surface area contributed by atoms with Crippen molar-refractivity contribution < 1.29 is 18.3 Å². The van der Waals surface area contributed by atoms with Crippen molar-refractivity contribution in [1.29, 1.82) is 0 Å². The fourth-order valence-electron chi connectivity index (χ4n) is 5.43. The summed E-state index contributed by atoms with van der Waals surface area (Å²) in [6.45, 7) is 5.40. The standard InChI is InChI=1S/C28H28F2N2O2/c1-19-14-21(16-22(29)15-19)28(17-25-24(27(28)33)4-3-5-26(25)30)32-12-10-31(11-13-32)18-20-6-8-23(34-2)9-7-20/h3-9,14-16H,10-13,17-18H2,1-2H3. The first-order valence-electron chi connectivity index (χ1n) is 11.6. The van der Waals surface area contributed by atoms with E-state index < -0.39 is 5.54 Å². The molecule has 1 heterocycles. The van der Waals surface area contributed by atoms with Crippen LogP contribution in [0.4, 0.5) is 8.78 Å². The van der Waals surface area contributed by atoms with Crippen LogP contribution in [-0.2, 0) is 18.5 Å². The molecule has 3 aromatic rings. The molecule has 0 radical (unpaired) electrons. The second-order valence-corrected chi connectivity index (χ2v) is 9.26. The highest BCUT2D eigenvalue weighted by Crippen LogP contribution is 2.44. The largest absolute Gasteiger partial charge is 0.497 e. The summed E-state index contributed by atoms with van der Waals surface area (Å²) in [5, 5.41) is 0. The number of hydrogen-bond acceptors (Lipinski definition) is 4. The van der Waals surface area contributed by atoms with Crippen LogP contribution in [0.15, 0.2) is 60.7 Å². The van der Waals surface area contributed by atoms with Gasteiger partial charge in [-0.2, -0.15) is 0 Å². The van der Waals surface area contributed by atoms with Gasteiger partial charge in [0.2, 0.25) is 0 Å². The number of carbonyl (C=O) groups is 1. The first kappa shape index (κ1) is 22.7. The van der Waals surface area contributed by atoms with E-state index in [1.165, 1.54) is 23.8 Å². The van der Waals surface area contributed by atoms with Gasteiger partial charge in [0.1, 0.15) is 22.9 Å². The van der Waals surface area contributed by atoms with Gasteiger partial charge in [-0.05, 0) is 53.9 Å². The highest BCUT2D eigenvalue weighted by atomic mass is 19.1. The summed E-state index contributed by atoms with van der Waals surface area (Å²) in [5.74, 6) is -0.0706. The molecule has 0 bridgehead atoms. The Bertz CT molecular complexity index is 1200. The van der Waals surface area contributed by atoms with Gasteiger partial charge in [-0.15, -0.1) is 0 Å². The van der Waals surface area contributed by atoms with E-state index in [0.29, 0.717) is 29.8 Å². The lowest BCUT2D eigenvalue weighted by Crippen LogP contribution is -2.58. The number of ketones is 1. The SMILES string of the molecule is COc1ccc(CN2CCN(C3(c4cc(C)cc(F)c4)Cc4c(F)cccc4C3=O)CC2)cc1. The highest BCUT2D eigenvalue weighted by molar-refractivity contribution is 6.08. The molecule has 6 heteroatoms. The highest BCUT2D eigenvalue weighted by Gasteiger charge is 2.52. The van der Waals surface area contributed by atoms with Crippen LogP contribution in [0, 0.1) is 18.6 Å². The molecular weight excluding hydrogens is 434 g/mol. The zero-order valence-corrected chi connectivity index (χ0v) is 19.5. The molecule has 0 N–H and O–H groups in total. The van der Waals surface area contributed by atoms with Gasteiger partial charge in [-0.3, -0.25) is 14.6 Å². The lowest BCUT2D eigenvalue weighted by Gasteiger charge is -2.45. The number of methoxy groups -OCH3 is 1. The van der Waals surface area contributed by atoms with Gasteiger partial charge >= 0.3 is 0 Å². The molecule has 176 valence electrons. The normalized spacial score (nSPS) is 21.0. The number of Topliss-reactive ketones (excluding diaryl/α,β-unsaturated/α-hetero) is 1. The van der Waals surface area contributed by atoms with Crippen molar-refractivity contribution in [2.75, 3.05) is 33.3 Å². The topological polar surface area (TPSA) is 32.8 Å². The van der Waals surface area contributed by atoms with Crippen molar-refractivity contribution in [3.8, 4) is 5.75 Å². The number of piperazine rings is 1. The van der Waals surface area contributed by atoms with Crippen molar-refractivity contribution in [2.24, 2.45) is 0 Å². The van der Waals surface area contributed by atoms with Gasteiger partial charge in [0.15, 0.2) is 5.78 Å². The maximum atomic E-state index is 14.7. The third-order valence-corrected chi connectivity index (χ3v) is 7.17. The zero-order valence-electron chi connectivity index (χ0n) is 19.5. The van der Waals surface area contributed by atoms with Crippen LogP contribution in [0.25, 0.3) is 0 Å². The number of hydrogen-bond donors (Lipinski definition) is 0. The van der Waals surface area contributed by atoms with Crippen molar-refractivity contribution in [3.63, 3.8) is 0 Å². The average molecular weight is 463 g/mol. The Morgan fingerprint density at radius 1 is 0.971 bits per heavy atom. The molecular formula is C28H28F2N2O2. The number of nitrogens with zero attached hydrogens (tertiary/aromatic N) is 2. The van der Waals surface area contributed by atoms with Crippen LogP contribution in [0.3, 0.4) is 0 Å². The van der Waals surface area contributed by atoms with Crippen LogP contribution >= 0.6 is 0 Å². The minimum Gasteiger partial charge on any atom is -0.497 e. The first-order valence-corrected chi connectivity index (χ1v) is 11.6. The molecule has 34 heavy (non-hydrogen) atoms. The quantitative estimate of drug-likeness (QED) is 0.549. The average Bonchev–Trinajstić information content (AvgIpc) is 3.14. The Labute approximate surface area is 198 Å². The van der Waals surface area contributed by atoms with E-state index in [9.17, 15) is 13.6 Å². The number of rotatable bonds is 5. The van der Waals surface area contributed by atoms with Crippen molar-refractivity contribution in [1.82, 2.24) is 9.80 Å². The summed E-state index contributed by atoms with van der Waals surface area (Å²) in [5.41, 5.74) is 2.28. The van der Waals surface area contributed by atoms with Gasteiger partial charge in [-0.25, -0.2) is 8.78 Å². The maximum absolute atomic E-state index is 14.7. The first-order chi connectivity index (χ1) is 16.4. The smallest absolute Gasteiger partial charge is 0.188 e. The molecule has 1 saturated heterocycles. The van der Waals surface area contributed by atoms with E-state index in [4.69, 9.17) is 4.74 Å².